The molecule has 1 aromatic carbocycles. The molecule has 6 heteroatoms. The van der Waals surface area contributed by atoms with Gasteiger partial charge in [-0.3, -0.25) is 4.68 Å². The lowest BCUT2D eigenvalue weighted by Crippen LogP contribution is -2.41. The van der Waals surface area contributed by atoms with Gasteiger partial charge in [0.25, 0.3) is 0 Å². The SMILES string of the molecule is CC(C)n1nc(C#N)c2cc(B3OC(C)(C)C(C)(C)O3)ccc21. The van der Waals surface area contributed by atoms with Crippen LogP contribution in [-0.2, 0) is 9.31 Å². The summed E-state index contributed by atoms with van der Waals surface area (Å²) in [7, 11) is -0.432. The van der Waals surface area contributed by atoms with Gasteiger partial charge in [-0.1, -0.05) is 12.1 Å². The second-order valence-electron chi connectivity index (χ2n) is 7.36. The molecule has 120 valence electrons. The van der Waals surface area contributed by atoms with Gasteiger partial charge in [0, 0.05) is 11.4 Å². The molecule has 5 nitrogen and oxygen atoms in total. The van der Waals surface area contributed by atoms with Crippen LogP contribution in [0.4, 0.5) is 0 Å². The molecule has 3 rings (SSSR count). The number of hydrogen-bond donors (Lipinski definition) is 0. The number of rotatable bonds is 2. The van der Waals surface area contributed by atoms with Crippen LogP contribution in [0.3, 0.4) is 0 Å². The van der Waals surface area contributed by atoms with Crippen molar-refractivity contribution in [3.8, 4) is 6.07 Å². The number of hydrogen-bond acceptors (Lipinski definition) is 4. The topological polar surface area (TPSA) is 60.1 Å². The van der Waals surface area contributed by atoms with Crippen LogP contribution >= 0.6 is 0 Å². The van der Waals surface area contributed by atoms with Crippen LogP contribution in [0.25, 0.3) is 10.9 Å². The van der Waals surface area contributed by atoms with E-state index in [4.69, 9.17) is 9.31 Å². The largest absolute Gasteiger partial charge is 0.494 e. The molecule has 1 aliphatic rings. The summed E-state index contributed by atoms with van der Waals surface area (Å²) in [4.78, 5) is 0. The van der Waals surface area contributed by atoms with Crippen LogP contribution < -0.4 is 5.46 Å². The normalized spacial score (nSPS) is 19.5. The number of nitrogens with zero attached hydrogens (tertiary/aromatic N) is 3. The van der Waals surface area contributed by atoms with E-state index in [2.05, 4.69) is 25.0 Å². The number of fused-ring (bicyclic) bond motifs is 1. The fourth-order valence-corrected chi connectivity index (χ4v) is 2.76. The molecule has 0 aliphatic carbocycles. The Morgan fingerprint density at radius 2 is 1.78 bits per heavy atom. The molecule has 0 atom stereocenters. The van der Waals surface area contributed by atoms with Gasteiger partial charge < -0.3 is 9.31 Å². The van der Waals surface area contributed by atoms with Gasteiger partial charge in [-0.2, -0.15) is 10.4 Å². The van der Waals surface area contributed by atoms with Gasteiger partial charge in [0.05, 0.1) is 16.7 Å². The highest BCUT2D eigenvalue weighted by molar-refractivity contribution is 6.62. The highest BCUT2D eigenvalue weighted by Gasteiger charge is 2.51. The summed E-state index contributed by atoms with van der Waals surface area (Å²) in [5, 5.41) is 14.6. The van der Waals surface area contributed by atoms with Crippen LogP contribution in [0.5, 0.6) is 0 Å². The van der Waals surface area contributed by atoms with Gasteiger partial charge in [-0.25, -0.2) is 0 Å². The van der Waals surface area contributed by atoms with Gasteiger partial charge in [-0.05, 0) is 53.1 Å². The Hall–Kier alpha value is -1.84. The van der Waals surface area contributed by atoms with E-state index in [1.807, 2.05) is 50.6 Å². The standard InChI is InChI=1S/C17H22BN3O2/c1-11(2)21-15-8-7-12(9-13(15)14(10-19)20-21)18-22-16(3,4)17(5,6)23-18/h7-9,11H,1-6H3. The quantitative estimate of drug-likeness (QED) is 0.800. The first kappa shape index (κ1) is 16.0. The first-order valence-corrected chi connectivity index (χ1v) is 7.94. The van der Waals surface area contributed by atoms with Crippen molar-refractivity contribution in [1.29, 1.82) is 5.26 Å². The van der Waals surface area contributed by atoms with Crippen molar-refractivity contribution in [2.75, 3.05) is 0 Å². The molecule has 2 aromatic rings. The fraction of sp³-hybridized carbons (Fsp3) is 0.529. The smallest absolute Gasteiger partial charge is 0.399 e. The Kier molecular flexibility index (Phi) is 3.55. The van der Waals surface area contributed by atoms with E-state index in [0.29, 0.717) is 5.69 Å². The van der Waals surface area contributed by atoms with Crippen molar-refractivity contribution in [3.63, 3.8) is 0 Å². The highest BCUT2D eigenvalue weighted by atomic mass is 16.7. The van der Waals surface area contributed by atoms with Crippen LogP contribution in [-0.4, -0.2) is 28.1 Å². The molecule has 1 aliphatic heterocycles. The molecular formula is C17H22BN3O2. The van der Waals surface area contributed by atoms with E-state index in [0.717, 1.165) is 16.4 Å². The van der Waals surface area contributed by atoms with Gasteiger partial charge in [-0.15, -0.1) is 0 Å². The molecule has 0 N–H and O–H groups in total. The lowest BCUT2D eigenvalue weighted by Gasteiger charge is -2.32. The van der Waals surface area contributed by atoms with E-state index in [1.54, 1.807) is 0 Å². The number of aromatic nitrogens is 2. The third-order valence-corrected chi connectivity index (χ3v) is 4.85. The first-order chi connectivity index (χ1) is 10.7. The Balaban J connectivity index is 2.07. The maximum Gasteiger partial charge on any atom is 0.494 e. The van der Waals surface area contributed by atoms with Gasteiger partial charge in [0.2, 0.25) is 0 Å². The number of nitriles is 1. The molecule has 0 spiro atoms. The van der Waals surface area contributed by atoms with Crippen molar-refractivity contribution >= 4 is 23.5 Å². The van der Waals surface area contributed by atoms with Gasteiger partial charge >= 0.3 is 7.12 Å². The fourth-order valence-electron chi connectivity index (χ4n) is 2.76. The molecule has 0 radical (unpaired) electrons. The van der Waals surface area contributed by atoms with Crippen molar-refractivity contribution in [1.82, 2.24) is 9.78 Å². The van der Waals surface area contributed by atoms with Crippen LogP contribution in [0.15, 0.2) is 18.2 Å². The first-order valence-electron chi connectivity index (χ1n) is 7.94. The second-order valence-corrected chi connectivity index (χ2v) is 7.36. The minimum Gasteiger partial charge on any atom is -0.399 e. The zero-order valence-corrected chi connectivity index (χ0v) is 14.5. The molecule has 2 heterocycles. The van der Waals surface area contributed by atoms with Crippen LogP contribution in [0, 0.1) is 11.3 Å². The Labute approximate surface area is 137 Å². The lowest BCUT2D eigenvalue weighted by molar-refractivity contribution is 0.00578. The molecule has 1 aromatic heterocycles. The summed E-state index contributed by atoms with van der Waals surface area (Å²) in [6, 6.07) is 8.32. The average Bonchev–Trinajstić information content (AvgIpc) is 2.93. The zero-order chi connectivity index (χ0) is 17.0. The average molecular weight is 311 g/mol. The van der Waals surface area contributed by atoms with Crippen molar-refractivity contribution in [3.05, 3.63) is 23.9 Å². The summed E-state index contributed by atoms with van der Waals surface area (Å²) in [6.07, 6.45) is 0. The molecule has 1 fully saturated rings. The minimum absolute atomic E-state index is 0.197. The molecule has 23 heavy (non-hydrogen) atoms. The highest BCUT2D eigenvalue weighted by Crippen LogP contribution is 2.36. The molecule has 0 saturated carbocycles. The van der Waals surface area contributed by atoms with Crippen molar-refractivity contribution < 1.29 is 9.31 Å². The Bertz CT molecular complexity index is 786. The summed E-state index contributed by atoms with van der Waals surface area (Å²) >= 11 is 0. The third kappa shape index (κ3) is 2.45. The molecule has 1 saturated heterocycles. The van der Waals surface area contributed by atoms with Gasteiger partial charge in [0.15, 0.2) is 5.69 Å². The molecule has 0 unspecified atom stereocenters. The van der Waals surface area contributed by atoms with Crippen molar-refractivity contribution in [2.45, 2.75) is 58.8 Å². The van der Waals surface area contributed by atoms with E-state index >= 15 is 0 Å². The predicted molar refractivity (Wildman–Crippen MR) is 90.5 cm³/mol. The maximum absolute atomic E-state index is 9.36. The predicted octanol–water partition coefficient (Wildman–Crippen LogP) is 2.79. The maximum atomic E-state index is 9.36. The molecular weight excluding hydrogens is 289 g/mol. The summed E-state index contributed by atoms with van der Waals surface area (Å²) in [5.41, 5.74) is 1.54. The number of benzene rings is 1. The minimum atomic E-state index is -0.432. The Morgan fingerprint density at radius 3 is 2.30 bits per heavy atom. The zero-order valence-electron chi connectivity index (χ0n) is 14.5. The van der Waals surface area contributed by atoms with E-state index in [-0.39, 0.29) is 17.2 Å². The summed E-state index contributed by atoms with van der Waals surface area (Å²) < 4.78 is 14.1. The lowest BCUT2D eigenvalue weighted by atomic mass is 9.78. The van der Waals surface area contributed by atoms with E-state index in [1.165, 1.54) is 0 Å². The summed E-state index contributed by atoms with van der Waals surface area (Å²) in [5.74, 6) is 0. The van der Waals surface area contributed by atoms with Gasteiger partial charge in [0.1, 0.15) is 6.07 Å². The van der Waals surface area contributed by atoms with E-state index < -0.39 is 7.12 Å². The van der Waals surface area contributed by atoms with E-state index in [9.17, 15) is 5.26 Å². The van der Waals surface area contributed by atoms with Crippen molar-refractivity contribution in [2.24, 2.45) is 0 Å². The monoisotopic (exact) mass is 311 g/mol. The third-order valence-electron chi connectivity index (χ3n) is 4.85. The molecule has 0 bridgehead atoms. The second kappa shape index (κ2) is 5.08. The van der Waals surface area contributed by atoms with Crippen LogP contribution in [0.1, 0.15) is 53.3 Å². The van der Waals surface area contributed by atoms with Crippen LogP contribution in [0.2, 0.25) is 0 Å². The molecule has 0 amide bonds. The summed E-state index contributed by atoms with van der Waals surface area (Å²) in [6.45, 7) is 12.2. The Morgan fingerprint density at radius 1 is 1.17 bits per heavy atom.